The van der Waals surface area contributed by atoms with Crippen LogP contribution in [0.4, 0.5) is 0 Å². The number of hydrogen-bond acceptors (Lipinski definition) is 5. The Balaban J connectivity index is 2.04. The molecule has 0 unspecified atom stereocenters. The minimum absolute atomic E-state index is 0.109. The van der Waals surface area contributed by atoms with Gasteiger partial charge >= 0.3 is 0 Å². The first-order valence-electron chi connectivity index (χ1n) is 7.45. The Hall–Kier alpha value is -2.65. The molecule has 8 nitrogen and oxygen atoms in total. The van der Waals surface area contributed by atoms with Gasteiger partial charge in [-0.05, 0) is 24.3 Å². The number of rotatable bonds is 7. The van der Waals surface area contributed by atoms with E-state index < -0.39 is 10.0 Å². The van der Waals surface area contributed by atoms with Crippen molar-refractivity contribution < 1.29 is 22.4 Å². The van der Waals surface area contributed by atoms with Gasteiger partial charge in [-0.3, -0.25) is 9.59 Å². The highest BCUT2D eigenvalue weighted by Crippen LogP contribution is 2.23. The second-order valence-electron chi connectivity index (χ2n) is 5.25. The quantitative estimate of drug-likeness (QED) is 0.621. The lowest BCUT2D eigenvalue weighted by atomic mass is 10.1. The SMILES string of the molecule is CNC(=O)c1ccc(-c2cccc(C(=O)NCCNS(C)(=O)=O)c2)o1. The van der Waals surface area contributed by atoms with Gasteiger partial charge in [-0.25, -0.2) is 13.1 Å². The molecule has 2 aromatic rings. The van der Waals surface area contributed by atoms with Crippen LogP contribution in [0.15, 0.2) is 40.8 Å². The summed E-state index contributed by atoms with van der Waals surface area (Å²) in [5.41, 5.74) is 1.05. The van der Waals surface area contributed by atoms with Gasteiger partial charge < -0.3 is 15.1 Å². The topological polar surface area (TPSA) is 118 Å². The molecule has 0 saturated carbocycles. The van der Waals surface area contributed by atoms with Crippen LogP contribution in [-0.2, 0) is 10.0 Å². The molecule has 2 amide bonds. The van der Waals surface area contributed by atoms with Gasteiger partial charge in [0.05, 0.1) is 6.26 Å². The molecule has 0 spiro atoms. The first-order chi connectivity index (χ1) is 11.8. The third-order valence-corrected chi connectivity index (χ3v) is 3.97. The van der Waals surface area contributed by atoms with Crippen molar-refractivity contribution in [3.05, 3.63) is 47.7 Å². The lowest BCUT2D eigenvalue weighted by Crippen LogP contribution is -2.34. The van der Waals surface area contributed by atoms with Crippen LogP contribution in [0.2, 0.25) is 0 Å². The fourth-order valence-electron chi connectivity index (χ4n) is 2.07. The van der Waals surface area contributed by atoms with E-state index in [-0.39, 0.29) is 30.7 Å². The fourth-order valence-corrected chi connectivity index (χ4v) is 2.54. The average Bonchev–Trinajstić information content (AvgIpc) is 3.07. The van der Waals surface area contributed by atoms with Crippen molar-refractivity contribution in [3.8, 4) is 11.3 Å². The number of benzene rings is 1. The molecule has 0 radical (unpaired) electrons. The van der Waals surface area contributed by atoms with Crippen LogP contribution in [0.3, 0.4) is 0 Å². The van der Waals surface area contributed by atoms with Gasteiger partial charge in [0.25, 0.3) is 11.8 Å². The predicted octanol–water partition coefficient (Wildman–Crippen LogP) is 0.585. The minimum atomic E-state index is -3.28. The highest BCUT2D eigenvalue weighted by atomic mass is 32.2. The summed E-state index contributed by atoms with van der Waals surface area (Å²) in [5, 5.41) is 5.09. The van der Waals surface area contributed by atoms with Crippen molar-refractivity contribution in [1.82, 2.24) is 15.4 Å². The van der Waals surface area contributed by atoms with E-state index in [0.29, 0.717) is 16.9 Å². The third kappa shape index (κ3) is 5.44. The molecule has 0 saturated heterocycles. The fraction of sp³-hybridized carbons (Fsp3) is 0.250. The maximum atomic E-state index is 12.1. The van der Waals surface area contributed by atoms with Gasteiger partial charge in [-0.2, -0.15) is 0 Å². The van der Waals surface area contributed by atoms with Crippen molar-refractivity contribution in [1.29, 1.82) is 0 Å². The summed E-state index contributed by atoms with van der Waals surface area (Å²) in [7, 11) is -1.77. The Morgan fingerprint density at radius 1 is 1.08 bits per heavy atom. The molecule has 0 fully saturated rings. The maximum Gasteiger partial charge on any atom is 0.286 e. The number of carbonyl (C=O) groups is 2. The molecule has 3 N–H and O–H groups in total. The first kappa shape index (κ1) is 18.7. The third-order valence-electron chi connectivity index (χ3n) is 3.24. The molecule has 0 atom stereocenters. The summed E-state index contributed by atoms with van der Waals surface area (Å²) in [6.07, 6.45) is 1.05. The van der Waals surface area contributed by atoms with E-state index in [9.17, 15) is 18.0 Å². The van der Waals surface area contributed by atoms with E-state index in [1.54, 1.807) is 36.4 Å². The molecule has 0 bridgehead atoms. The van der Waals surface area contributed by atoms with Crippen LogP contribution in [0.1, 0.15) is 20.9 Å². The van der Waals surface area contributed by atoms with Gasteiger partial charge in [-0.15, -0.1) is 0 Å². The summed E-state index contributed by atoms with van der Waals surface area (Å²) >= 11 is 0. The lowest BCUT2D eigenvalue weighted by Gasteiger charge is -2.07. The summed E-state index contributed by atoms with van der Waals surface area (Å²) in [6, 6.07) is 9.92. The van der Waals surface area contributed by atoms with Crippen LogP contribution >= 0.6 is 0 Å². The summed E-state index contributed by atoms with van der Waals surface area (Å²) in [5.74, 6) is -0.0278. The number of sulfonamides is 1. The molecule has 1 heterocycles. The summed E-state index contributed by atoms with van der Waals surface area (Å²) in [4.78, 5) is 23.7. The van der Waals surface area contributed by atoms with E-state index in [1.807, 2.05) is 0 Å². The van der Waals surface area contributed by atoms with Gasteiger partial charge in [-0.1, -0.05) is 12.1 Å². The number of amides is 2. The Kier molecular flexibility index (Phi) is 5.94. The van der Waals surface area contributed by atoms with Crippen molar-refractivity contribution in [3.63, 3.8) is 0 Å². The Labute approximate surface area is 145 Å². The average molecular weight is 365 g/mol. The number of nitrogens with one attached hydrogen (secondary N) is 3. The Morgan fingerprint density at radius 3 is 2.52 bits per heavy atom. The Bertz CT molecular complexity index is 873. The monoisotopic (exact) mass is 365 g/mol. The molecule has 25 heavy (non-hydrogen) atoms. The van der Waals surface area contributed by atoms with E-state index in [2.05, 4.69) is 15.4 Å². The van der Waals surface area contributed by atoms with Gasteiger partial charge in [0.15, 0.2) is 5.76 Å². The van der Waals surface area contributed by atoms with Crippen molar-refractivity contribution in [2.75, 3.05) is 26.4 Å². The second-order valence-corrected chi connectivity index (χ2v) is 7.08. The smallest absolute Gasteiger partial charge is 0.286 e. The van der Waals surface area contributed by atoms with Crippen molar-refractivity contribution in [2.45, 2.75) is 0 Å². The Morgan fingerprint density at radius 2 is 1.84 bits per heavy atom. The molecule has 1 aromatic heterocycles. The summed E-state index contributed by atoms with van der Waals surface area (Å²) in [6.45, 7) is 0.273. The highest BCUT2D eigenvalue weighted by Gasteiger charge is 2.12. The van der Waals surface area contributed by atoms with Gasteiger partial charge in [0.2, 0.25) is 10.0 Å². The number of hydrogen-bond donors (Lipinski definition) is 3. The van der Waals surface area contributed by atoms with E-state index in [0.717, 1.165) is 6.26 Å². The summed E-state index contributed by atoms with van der Waals surface area (Å²) < 4.78 is 29.7. The lowest BCUT2D eigenvalue weighted by molar-refractivity contribution is 0.0933. The van der Waals surface area contributed by atoms with E-state index >= 15 is 0 Å². The molecular formula is C16H19N3O5S. The molecular weight excluding hydrogens is 346 g/mol. The zero-order valence-electron chi connectivity index (χ0n) is 13.8. The molecule has 0 aliphatic carbocycles. The van der Waals surface area contributed by atoms with Crippen LogP contribution in [0.25, 0.3) is 11.3 Å². The second kappa shape index (κ2) is 7.95. The molecule has 1 aromatic carbocycles. The zero-order valence-corrected chi connectivity index (χ0v) is 14.6. The first-order valence-corrected chi connectivity index (χ1v) is 9.34. The van der Waals surface area contributed by atoms with E-state index in [1.165, 1.54) is 7.05 Å². The molecule has 134 valence electrons. The molecule has 9 heteroatoms. The van der Waals surface area contributed by atoms with Crippen LogP contribution in [0.5, 0.6) is 0 Å². The number of carbonyl (C=O) groups excluding carboxylic acids is 2. The van der Waals surface area contributed by atoms with Crippen molar-refractivity contribution in [2.24, 2.45) is 0 Å². The van der Waals surface area contributed by atoms with E-state index in [4.69, 9.17) is 4.42 Å². The number of furan rings is 1. The molecule has 0 aliphatic heterocycles. The van der Waals surface area contributed by atoms with Gasteiger partial charge in [0, 0.05) is 31.3 Å². The molecule has 0 aliphatic rings. The van der Waals surface area contributed by atoms with Crippen LogP contribution < -0.4 is 15.4 Å². The van der Waals surface area contributed by atoms with Gasteiger partial charge in [0.1, 0.15) is 5.76 Å². The maximum absolute atomic E-state index is 12.1. The zero-order chi connectivity index (χ0) is 18.4. The predicted molar refractivity (Wildman–Crippen MR) is 92.7 cm³/mol. The standard InChI is InChI=1S/C16H19N3O5S/c1-17-16(21)14-7-6-13(24-14)11-4-3-5-12(10-11)15(20)18-8-9-19-25(2,22)23/h3-7,10,19H,8-9H2,1-2H3,(H,17,21)(H,18,20). The minimum Gasteiger partial charge on any atom is -0.451 e. The normalized spacial score (nSPS) is 11.1. The highest BCUT2D eigenvalue weighted by molar-refractivity contribution is 7.88. The van der Waals surface area contributed by atoms with Crippen molar-refractivity contribution >= 4 is 21.8 Å². The largest absolute Gasteiger partial charge is 0.451 e. The van der Waals surface area contributed by atoms with Crippen LogP contribution in [0, 0.1) is 0 Å². The molecule has 2 rings (SSSR count). The van der Waals surface area contributed by atoms with Crippen LogP contribution in [-0.4, -0.2) is 46.6 Å².